The van der Waals surface area contributed by atoms with Crippen LogP contribution in [0.15, 0.2) is 24.5 Å². The highest BCUT2D eigenvalue weighted by Gasteiger charge is 2.20. The number of allylic oxidation sites excluding steroid dienone is 3. The third kappa shape index (κ3) is 39.9. The number of unbranched alkanes of at least 4 members (excludes halogenated alkanes) is 23. The molecule has 0 rings (SSSR count). The summed E-state index contributed by atoms with van der Waals surface area (Å²) in [6, 6.07) is 0. The molecule has 8 nitrogen and oxygen atoms in total. The average molecular weight is 744 g/mol. The van der Waals surface area contributed by atoms with Crippen LogP contribution in [-0.2, 0) is 27.9 Å². The lowest BCUT2D eigenvalue weighted by Crippen LogP contribution is -2.37. The van der Waals surface area contributed by atoms with Crippen molar-refractivity contribution in [2.45, 2.75) is 193 Å². The van der Waals surface area contributed by atoms with E-state index < -0.39 is 13.9 Å². The molecule has 0 heterocycles. The molecule has 0 bridgehead atoms. The number of nitrogens with zero attached hydrogens (tertiary/aromatic N) is 1. The first-order valence-electron chi connectivity index (χ1n) is 21.1. The molecule has 9 heteroatoms. The zero-order valence-corrected chi connectivity index (χ0v) is 35.0. The highest BCUT2D eigenvalue weighted by molar-refractivity contribution is 7.45. The van der Waals surface area contributed by atoms with Gasteiger partial charge in [0, 0.05) is 6.42 Å². The molecule has 0 aliphatic carbocycles. The van der Waals surface area contributed by atoms with E-state index >= 15 is 0 Å². The van der Waals surface area contributed by atoms with E-state index in [0.29, 0.717) is 17.4 Å². The molecule has 1 unspecified atom stereocenters. The van der Waals surface area contributed by atoms with Gasteiger partial charge in [0.1, 0.15) is 19.8 Å². The Morgan fingerprint density at radius 3 is 1.53 bits per heavy atom. The zero-order chi connectivity index (χ0) is 37.7. The van der Waals surface area contributed by atoms with Crippen LogP contribution in [-0.4, -0.2) is 64.1 Å². The Morgan fingerprint density at radius 1 is 0.608 bits per heavy atom. The minimum Gasteiger partial charge on any atom is -0.756 e. The normalized spacial score (nSPS) is 14.0. The van der Waals surface area contributed by atoms with Gasteiger partial charge >= 0.3 is 5.97 Å². The number of carbonyl (C=O) groups is 1. The van der Waals surface area contributed by atoms with Crippen LogP contribution in [0.1, 0.15) is 187 Å². The van der Waals surface area contributed by atoms with Crippen molar-refractivity contribution in [3.63, 3.8) is 0 Å². The second-order valence-electron chi connectivity index (χ2n) is 15.4. The third-order valence-corrected chi connectivity index (χ3v) is 10.0. The second-order valence-corrected chi connectivity index (χ2v) is 16.8. The summed E-state index contributed by atoms with van der Waals surface area (Å²) in [5.41, 5.74) is 0. The van der Waals surface area contributed by atoms with Gasteiger partial charge in [0.2, 0.25) is 0 Å². The van der Waals surface area contributed by atoms with Crippen LogP contribution in [0.4, 0.5) is 0 Å². The first-order valence-corrected chi connectivity index (χ1v) is 22.6. The number of rotatable bonds is 39. The van der Waals surface area contributed by atoms with Gasteiger partial charge in [-0.2, -0.15) is 0 Å². The van der Waals surface area contributed by atoms with E-state index in [1.165, 1.54) is 135 Å². The molecule has 51 heavy (non-hydrogen) atoms. The van der Waals surface area contributed by atoms with Crippen LogP contribution < -0.4 is 4.89 Å². The SMILES string of the molecule is CCCCCC/C=C/CCCCCCCCCC(=O)O[C@H](CO/C=C/CCCCCCCCCCCCCC)COP(=O)([O-])OCC[N+](C)(C)C. The largest absolute Gasteiger partial charge is 0.756 e. The molecule has 0 aromatic rings. The van der Waals surface area contributed by atoms with Crippen molar-refractivity contribution in [3.8, 4) is 0 Å². The summed E-state index contributed by atoms with van der Waals surface area (Å²) in [5, 5.41) is 0. The summed E-state index contributed by atoms with van der Waals surface area (Å²) >= 11 is 0. The summed E-state index contributed by atoms with van der Waals surface area (Å²) in [7, 11) is 1.33. The molecule has 2 atom stereocenters. The van der Waals surface area contributed by atoms with E-state index in [2.05, 4.69) is 26.0 Å². The predicted molar refractivity (Wildman–Crippen MR) is 213 cm³/mol. The van der Waals surface area contributed by atoms with E-state index in [1.807, 2.05) is 27.2 Å². The van der Waals surface area contributed by atoms with Crippen molar-refractivity contribution in [1.82, 2.24) is 0 Å². The van der Waals surface area contributed by atoms with Crippen molar-refractivity contribution in [2.24, 2.45) is 0 Å². The first kappa shape index (κ1) is 49.8. The fraction of sp³-hybridized carbons (Fsp3) is 0.881. The number of phosphoric acid groups is 1. The van der Waals surface area contributed by atoms with Gasteiger partial charge in [0.05, 0.1) is 34.0 Å². The molecule has 0 aromatic carbocycles. The maximum atomic E-state index is 12.6. The van der Waals surface area contributed by atoms with Crippen molar-refractivity contribution >= 4 is 13.8 Å². The monoisotopic (exact) mass is 744 g/mol. The van der Waals surface area contributed by atoms with Gasteiger partial charge < -0.3 is 27.9 Å². The summed E-state index contributed by atoms with van der Waals surface area (Å²) in [6.07, 6.45) is 39.9. The number of carbonyl (C=O) groups excluding carboxylic acids is 1. The molecule has 0 spiro atoms. The topological polar surface area (TPSA) is 94.1 Å². The minimum absolute atomic E-state index is 0.0172. The number of phosphoric ester groups is 1. The van der Waals surface area contributed by atoms with Crippen LogP contribution in [0, 0.1) is 0 Å². The molecule has 0 aliphatic rings. The van der Waals surface area contributed by atoms with Gasteiger partial charge in [-0.1, -0.05) is 148 Å². The molecule has 0 saturated heterocycles. The summed E-state index contributed by atoms with van der Waals surface area (Å²) in [6.45, 7) is 4.73. The van der Waals surface area contributed by atoms with Crippen LogP contribution in [0.3, 0.4) is 0 Å². The van der Waals surface area contributed by atoms with E-state index in [-0.39, 0.29) is 25.8 Å². The van der Waals surface area contributed by atoms with Gasteiger partial charge in [-0.05, 0) is 51.0 Å². The van der Waals surface area contributed by atoms with E-state index in [4.69, 9.17) is 18.5 Å². The van der Waals surface area contributed by atoms with Crippen molar-refractivity contribution in [1.29, 1.82) is 0 Å². The van der Waals surface area contributed by atoms with E-state index in [1.54, 1.807) is 6.26 Å². The smallest absolute Gasteiger partial charge is 0.306 e. The molecule has 0 amide bonds. The second kappa shape index (κ2) is 35.8. The van der Waals surface area contributed by atoms with E-state index in [9.17, 15) is 14.3 Å². The number of hydrogen-bond donors (Lipinski definition) is 0. The molecular weight excluding hydrogens is 661 g/mol. The average Bonchev–Trinajstić information content (AvgIpc) is 3.08. The molecular formula is C42H82NO7P. The molecule has 302 valence electrons. The lowest BCUT2D eigenvalue weighted by atomic mass is 10.0. The fourth-order valence-corrected chi connectivity index (χ4v) is 6.47. The predicted octanol–water partition coefficient (Wildman–Crippen LogP) is 11.8. The number of hydrogen-bond acceptors (Lipinski definition) is 7. The Bertz CT molecular complexity index is 874. The lowest BCUT2D eigenvalue weighted by molar-refractivity contribution is -0.870. The Kier molecular flexibility index (Phi) is 35.0. The highest BCUT2D eigenvalue weighted by atomic mass is 31.2. The molecule has 0 saturated carbocycles. The number of esters is 1. The molecule has 0 radical (unpaired) electrons. The summed E-state index contributed by atoms with van der Waals surface area (Å²) < 4.78 is 34.3. The summed E-state index contributed by atoms with van der Waals surface area (Å²) in [4.78, 5) is 25.0. The van der Waals surface area contributed by atoms with Gasteiger partial charge in [-0.3, -0.25) is 9.36 Å². The molecule has 0 aliphatic heterocycles. The van der Waals surface area contributed by atoms with Crippen LogP contribution in [0.25, 0.3) is 0 Å². The number of quaternary nitrogens is 1. The van der Waals surface area contributed by atoms with Gasteiger partial charge in [-0.15, -0.1) is 0 Å². The number of likely N-dealkylation sites (N-methyl/N-ethyl adjacent to an activating group) is 1. The maximum absolute atomic E-state index is 12.6. The maximum Gasteiger partial charge on any atom is 0.306 e. The molecule has 0 aromatic heterocycles. The fourth-order valence-electron chi connectivity index (χ4n) is 5.74. The lowest BCUT2D eigenvalue weighted by Gasteiger charge is -2.28. The van der Waals surface area contributed by atoms with Gasteiger partial charge in [0.25, 0.3) is 7.82 Å². The Morgan fingerprint density at radius 2 is 1.04 bits per heavy atom. The molecule has 0 N–H and O–H groups in total. The number of ether oxygens (including phenoxy) is 2. The summed E-state index contributed by atoms with van der Waals surface area (Å²) in [5.74, 6) is -0.360. The Labute approximate surface area is 315 Å². The van der Waals surface area contributed by atoms with Gasteiger partial charge in [0.15, 0.2) is 6.10 Å². The van der Waals surface area contributed by atoms with E-state index in [0.717, 1.165) is 32.1 Å². The van der Waals surface area contributed by atoms with Crippen molar-refractivity contribution in [3.05, 3.63) is 24.5 Å². The van der Waals surface area contributed by atoms with Crippen molar-refractivity contribution < 1.29 is 37.3 Å². The Balaban J connectivity index is 4.31. The first-order chi connectivity index (χ1) is 24.6. The van der Waals surface area contributed by atoms with Crippen LogP contribution in [0.5, 0.6) is 0 Å². The Hall–Kier alpha value is -1.18. The quantitative estimate of drug-likeness (QED) is 0.0154. The third-order valence-electron chi connectivity index (χ3n) is 9.07. The minimum atomic E-state index is -4.53. The standard InChI is InChI=1S/C42H82NO7P/c1-6-8-10-12-14-16-18-20-22-23-25-27-29-31-33-35-42(44)50-41(40-49-51(45,46)48-38-36-43(3,4)5)39-47-37-34-32-30-28-26-24-21-19-17-15-13-11-9-7-2/h16,18,34,37,41H,6-15,17,19-33,35-36,38-40H2,1-5H3/b18-16+,37-34+/t41-/m1/s1. The zero-order valence-electron chi connectivity index (χ0n) is 34.1. The van der Waals surface area contributed by atoms with Crippen LogP contribution in [0.2, 0.25) is 0 Å². The molecule has 0 fully saturated rings. The van der Waals surface area contributed by atoms with Gasteiger partial charge in [-0.25, -0.2) is 0 Å². The highest BCUT2D eigenvalue weighted by Crippen LogP contribution is 2.38. The van der Waals surface area contributed by atoms with Crippen LogP contribution >= 0.6 is 7.82 Å². The van der Waals surface area contributed by atoms with Crippen molar-refractivity contribution in [2.75, 3.05) is 47.5 Å².